The topological polar surface area (TPSA) is 57.7 Å². The van der Waals surface area contributed by atoms with Crippen molar-refractivity contribution in [1.29, 1.82) is 0 Å². The van der Waals surface area contributed by atoms with Crippen LogP contribution in [-0.4, -0.2) is 44.6 Å². The lowest BCUT2D eigenvalue weighted by Crippen LogP contribution is -2.51. The van der Waals surface area contributed by atoms with E-state index in [0.29, 0.717) is 24.7 Å². The van der Waals surface area contributed by atoms with Gasteiger partial charge in [-0.25, -0.2) is 12.8 Å². The van der Waals surface area contributed by atoms with Gasteiger partial charge < -0.3 is 4.90 Å². The van der Waals surface area contributed by atoms with E-state index in [-0.39, 0.29) is 5.91 Å². The standard InChI is InChI=1S/C16H23FN2O3S/c1-12-5-4-10-18(11-12)16(20)13(2)19(23(3,21)22)15-8-6-14(17)7-9-15/h6-9,12-13H,4-5,10-11H2,1-3H3/t12-,13+/m0/s1. The first-order chi connectivity index (χ1) is 10.7. The van der Waals surface area contributed by atoms with Gasteiger partial charge in [-0.3, -0.25) is 9.10 Å². The van der Waals surface area contributed by atoms with Crippen molar-refractivity contribution in [3.63, 3.8) is 0 Å². The van der Waals surface area contributed by atoms with E-state index in [1.807, 2.05) is 0 Å². The molecule has 7 heteroatoms. The molecule has 0 N–H and O–H groups in total. The van der Waals surface area contributed by atoms with Gasteiger partial charge in [0.15, 0.2) is 0 Å². The molecule has 0 spiro atoms. The number of sulfonamides is 1. The van der Waals surface area contributed by atoms with Crippen LogP contribution in [0.3, 0.4) is 0 Å². The van der Waals surface area contributed by atoms with Crippen LogP contribution in [0.2, 0.25) is 0 Å². The molecule has 1 saturated heterocycles. The lowest BCUT2D eigenvalue weighted by atomic mass is 10.00. The van der Waals surface area contributed by atoms with Crippen LogP contribution >= 0.6 is 0 Å². The van der Waals surface area contributed by atoms with E-state index in [1.165, 1.54) is 24.3 Å². The molecule has 2 atom stereocenters. The number of hydrogen-bond acceptors (Lipinski definition) is 3. The first kappa shape index (κ1) is 17.7. The number of likely N-dealkylation sites (tertiary alicyclic amines) is 1. The number of benzene rings is 1. The summed E-state index contributed by atoms with van der Waals surface area (Å²) in [5, 5.41) is 0. The molecular formula is C16H23FN2O3S. The number of carbonyl (C=O) groups is 1. The minimum Gasteiger partial charge on any atom is -0.341 e. The van der Waals surface area contributed by atoms with Crippen molar-refractivity contribution in [3.05, 3.63) is 30.1 Å². The third-order valence-electron chi connectivity index (χ3n) is 4.12. The van der Waals surface area contributed by atoms with Gasteiger partial charge in [-0.15, -0.1) is 0 Å². The smallest absolute Gasteiger partial charge is 0.246 e. The van der Waals surface area contributed by atoms with Gasteiger partial charge in [0.05, 0.1) is 11.9 Å². The Bertz CT molecular complexity index is 660. The number of nitrogens with zero attached hydrogens (tertiary/aromatic N) is 2. The average molecular weight is 342 g/mol. The largest absolute Gasteiger partial charge is 0.341 e. The summed E-state index contributed by atoms with van der Waals surface area (Å²) in [6.45, 7) is 4.95. The molecule has 1 aliphatic rings. The van der Waals surface area contributed by atoms with Crippen molar-refractivity contribution in [1.82, 2.24) is 4.90 Å². The number of piperidine rings is 1. The highest BCUT2D eigenvalue weighted by atomic mass is 32.2. The molecule has 1 fully saturated rings. The second-order valence-electron chi connectivity index (χ2n) is 6.24. The summed E-state index contributed by atoms with van der Waals surface area (Å²) in [5.74, 6) is -0.255. The highest BCUT2D eigenvalue weighted by Crippen LogP contribution is 2.24. The van der Waals surface area contributed by atoms with E-state index in [4.69, 9.17) is 0 Å². The summed E-state index contributed by atoms with van der Waals surface area (Å²) in [6.07, 6.45) is 3.06. The molecule has 1 aromatic carbocycles. The number of carbonyl (C=O) groups excluding carboxylic acids is 1. The predicted molar refractivity (Wildman–Crippen MR) is 88.2 cm³/mol. The maximum atomic E-state index is 13.1. The van der Waals surface area contributed by atoms with Crippen LogP contribution < -0.4 is 4.31 Å². The van der Waals surface area contributed by atoms with Crippen molar-refractivity contribution in [2.75, 3.05) is 23.7 Å². The molecule has 0 unspecified atom stereocenters. The lowest BCUT2D eigenvalue weighted by molar-refractivity contribution is -0.133. The van der Waals surface area contributed by atoms with Crippen molar-refractivity contribution in [2.24, 2.45) is 5.92 Å². The van der Waals surface area contributed by atoms with Crippen LogP contribution in [0.4, 0.5) is 10.1 Å². The molecular weight excluding hydrogens is 319 g/mol. The maximum absolute atomic E-state index is 13.1. The van der Waals surface area contributed by atoms with Gasteiger partial charge in [0.25, 0.3) is 0 Å². The highest BCUT2D eigenvalue weighted by molar-refractivity contribution is 7.92. The van der Waals surface area contributed by atoms with E-state index in [2.05, 4.69) is 6.92 Å². The average Bonchev–Trinajstić information content (AvgIpc) is 2.47. The summed E-state index contributed by atoms with van der Waals surface area (Å²) in [5.41, 5.74) is 0.291. The Kier molecular flexibility index (Phi) is 5.29. The number of amides is 1. The van der Waals surface area contributed by atoms with Crippen LogP contribution in [0.15, 0.2) is 24.3 Å². The van der Waals surface area contributed by atoms with E-state index in [9.17, 15) is 17.6 Å². The summed E-state index contributed by atoms with van der Waals surface area (Å²) in [6, 6.07) is 4.26. The number of halogens is 1. The van der Waals surface area contributed by atoms with Crippen molar-refractivity contribution < 1.29 is 17.6 Å². The van der Waals surface area contributed by atoms with Crippen LogP contribution in [0.1, 0.15) is 26.7 Å². The minimum atomic E-state index is -3.66. The molecule has 0 bridgehead atoms. The van der Waals surface area contributed by atoms with Gasteiger partial charge in [-0.1, -0.05) is 6.92 Å². The Morgan fingerprint density at radius 1 is 1.35 bits per heavy atom. The Hall–Kier alpha value is -1.63. The molecule has 23 heavy (non-hydrogen) atoms. The molecule has 128 valence electrons. The van der Waals surface area contributed by atoms with Gasteiger partial charge >= 0.3 is 0 Å². The molecule has 0 radical (unpaired) electrons. The minimum absolute atomic E-state index is 0.216. The SMILES string of the molecule is C[C@H]1CCCN(C(=O)[C@@H](C)N(c2ccc(F)cc2)S(C)(=O)=O)C1. The zero-order valence-electron chi connectivity index (χ0n) is 13.7. The van der Waals surface area contributed by atoms with Crippen molar-refractivity contribution in [3.8, 4) is 0 Å². The number of hydrogen-bond donors (Lipinski definition) is 0. The second-order valence-corrected chi connectivity index (χ2v) is 8.10. The third kappa shape index (κ3) is 4.22. The Balaban J connectivity index is 2.28. The fraction of sp³-hybridized carbons (Fsp3) is 0.562. The molecule has 0 aromatic heterocycles. The van der Waals surface area contributed by atoms with E-state index < -0.39 is 21.9 Å². The molecule has 2 rings (SSSR count). The number of anilines is 1. The van der Waals surface area contributed by atoms with Crippen LogP contribution in [0.5, 0.6) is 0 Å². The van der Waals surface area contributed by atoms with Crippen molar-refractivity contribution >= 4 is 21.6 Å². The number of rotatable bonds is 4. The molecule has 1 amide bonds. The quantitative estimate of drug-likeness (QED) is 0.843. The summed E-state index contributed by atoms with van der Waals surface area (Å²) >= 11 is 0. The normalized spacial score (nSPS) is 20.2. The third-order valence-corrected chi connectivity index (χ3v) is 5.36. The van der Waals surface area contributed by atoms with Crippen molar-refractivity contribution in [2.45, 2.75) is 32.7 Å². The molecule has 1 aromatic rings. The van der Waals surface area contributed by atoms with Gasteiger partial charge in [0.2, 0.25) is 15.9 Å². The van der Waals surface area contributed by atoms with Gasteiger partial charge in [0.1, 0.15) is 11.9 Å². The Labute approximate surface area is 137 Å². The van der Waals surface area contributed by atoms with Crippen LogP contribution in [0.25, 0.3) is 0 Å². The van der Waals surface area contributed by atoms with E-state index in [1.54, 1.807) is 11.8 Å². The van der Waals surface area contributed by atoms with Crippen LogP contribution in [0, 0.1) is 11.7 Å². The fourth-order valence-electron chi connectivity index (χ4n) is 3.04. The first-order valence-electron chi connectivity index (χ1n) is 7.74. The van der Waals surface area contributed by atoms with Gasteiger partial charge in [-0.2, -0.15) is 0 Å². The summed E-state index contributed by atoms with van der Waals surface area (Å²) in [7, 11) is -3.66. The Morgan fingerprint density at radius 3 is 2.48 bits per heavy atom. The zero-order chi connectivity index (χ0) is 17.2. The molecule has 0 aliphatic carbocycles. The molecule has 0 saturated carbocycles. The summed E-state index contributed by atoms with van der Waals surface area (Å²) < 4.78 is 38.5. The monoisotopic (exact) mass is 342 g/mol. The second kappa shape index (κ2) is 6.86. The lowest BCUT2D eigenvalue weighted by Gasteiger charge is -2.36. The van der Waals surface area contributed by atoms with E-state index in [0.717, 1.165) is 23.4 Å². The predicted octanol–water partition coefficient (Wildman–Crippen LogP) is 2.24. The highest BCUT2D eigenvalue weighted by Gasteiger charge is 2.33. The summed E-state index contributed by atoms with van der Waals surface area (Å²) in [4.78, 5) is 14.4. The molecule has 1 heterocycles. The zero-order valence-corrected chi connectivity index (χ0v) is 14.5. The fourth-order valence-corrected chi connectivity index (χ4v) is 4.21. The first-order valence-corrected chi connectivity index (χ1v) is 9.58. The Morgan fingerprint density at radius 2 is 1.96 bits per heavy atom. The molecule has 5 nitrogen and oxygen atoms in total. The van der Waals surface area contributed by atoms with Gasteiger partial charge in [0, 0.05) is 13.1 Å². The molecule has 1 aliphatic heterocycles. The maximum Gasteiger partial charge on any atom is 0.246 e. The van der Waals surface area contributed by atoms with E-state index >= 15 is 0 Å². The van der Waals surface area contributed by atoms with Crippen LogP contribution in [-0.2, 0) is 14.8 Å². The van der Waals surface area contributed by atoms with Gasteiger partial charge in [-0.05, 0) is 49.9 Å².